The Balaban J connectivity index is 1.67. The molecule has 2 N–H and O–H groups in total. The molecule has 23 heavy (non-hydrogen) atoms. The minimum Gasteiger partial charge on any atom is -0.497 e. The molecule has 122 valence electrons. The summed E-state index contributed by atoms with van der Waals surface area (Å²) >= 11 is 0. The number of rotatable bonds is 8. The van der Waals surface area contributed by atoms with Gasteiger partial charge in [-0.1, -0.05) is 31.2 Å². The predicted octanol–water partition coefficient (Wildman–Crippen LogP) is 3.38. The van der Waals surface area contributed by atoms with E-state index in [9.17, 15) is 4.79 Å². The van der Waals surface area contributed by atoms with Crippen molar-refractivity contribution in [3.8, 4) is 5.75 Å². The van der Waals surface area contributed by atoms with Gasteiger partial charge in [-0.3, -0.25) is 4.79 Å². The van der Waals surface area contributed by atoms with Crippen LogP contribution in [0.3, 0.4) is 0 Å². The molecule has 0 atom stereocenters. The minimum absolute atomic E-state index is 0.0403. The second-order valence-electron chi connectivity index (χ2n) is 5.35. The topological polar surface area (TPSA) is 50.4 Å². The predicted molar refractivity (Wildman–Crippen MR) is 93.8 cm³/mol. The van der Waals surface area contributed by atoms with E-state index in [1.165, 1.54) is 5.56 Å². The Bertz CT molecular complexity index is 606. The Morgan fingerprint density at radius 3 is 2.26 bits per heavy atom. The van der Waals surface area contributed by atoms with Gasteiger partial charge in [0.1, 0.15) is 5.75 Å². The molecule has 0 radical (unpaired) electrons. The molecule has 2 aromatic rings. The van der Waals surface area contributed by atoms with Gasteiger partial charge in [0.05, 0.1) is 7.11 Å². The van der Waals surface area contributed by atoms with E-state index < -0.39 is 0 Å². The van der Waals surface area contributed by atoms with Crippen molar-refractivity contribution < 1.29 is 9.53 Å². The lowest BCUT2D eigenvalue weighted by atomic mass is 10.1. The van der Waals surface area contributed by atoms with Crippen molar-refractivity contribution in [1.82, 2.24) is 5.32 Å². The number of amides is 1. The fourth-order valence-corrected chi connectivity index (χ4v) is 2.21. The zero-order valence-corrected chi connectivity index (χ0v) is 13.8. The highest BCUT2D eigenvalue weighted by Gasteiger charge is 2.02. The molecule has 2 rings (SSSR count). The van der Waals surface area contributed by atoms with Crippen LogP contribution >= 0.6 is 0 Å². The van der Waals surface area contributed by atoms with Crippen LogP contribution in [0.2, 0.25) is 0 Å². The van der Waals surface area contributed by atoms with Gasteiger partial charge in [-0.05, 0) is 41.8 Å². The van der Waals surface area contributed by atoms with Crippen molar-refractivity contribution in [1.29, 1.82) is 0 Å². The van der Waals surface area contributed by atoms with E-state index in [-0.39, 0.29) is 5.91 Å². The first-order valence-electron chi connectivity index (χ1n) is 7.93. The quantitative estimate of drug-likeness (QED) is 0.785. The lowest BCUT2D eigenvalue weighted by molar-refractivity contribution is -0.121. The van der Waals surface area contributed by atoms with Crippen LogP contribution in [0.4, 0.5) is 5.69 Å². The van der Waals surface area contributed by atoms with Gasteiger partial charge in [-0.2, -0.15) is 0 Å². The van der Waals surface area contributed by atoms with Crippen LogP contribution in [0, 0.1) is 0 Å². The monoisotopic (exact) mass is 312 g/mol. The number of methoxy groups -OCH3 is 1. The number of hydrogen-bond acceptors (Lipinski definition) is 3. The van der Waals surface area contributed by atoms with Gasteiger partial charge in [-0.15, -0.1) is 0 Å². The number of hydrogen-bond donors (Lipinski definition) is 2. The van der Waals surface area contributed by atoms with Crippen molar-refractivity contribution in [2.45, 2.75) is 26.3 Å². The van der Waals surface area contributed by atoms with E-state index in [2.05, 4.69) is 29.7 Å². The summed E-state index contributed by atoms with van der Waals surface area (Å²) in [4.78, 5) is 11.9. The molecule has 0 aliphatic carbocycles. The van der Waals surface area contributed by atoms with Crippen molar-refractivity contribution in [2.24, 2.45) is 0 Å². The van der Waals surface area contributed by atoms with Crippen LogP contribution < -0.4 is 15.4 Å². The number of aryl methyl sites for hydroxylation is 1. The maximum Gasteiger partial charge on any atom is 0.222 e. The van der Waals surface area contributed by atoms with Crippen LogP contribution in [-0.4, -0.2) is 19.6 Å². The summed E-state index contributed by atoms with van der Waals surface area (Å²) in [5, 5.41) is 6.18. The highest BCUT2D eigenvalue weighted by molar-refractivity contribution is 5.76. The SMILES string of the molecule is CCc1ccc(NCCC(=O)NCc2ccc(OC)cc2)cc1. The Hall–Kier alpha value is -2.49. The minimum atomic E-state index is 0.0403. The number of ether oxygens (including phenoxy) is 1. The highest BCUT2D eigenvalue weighted by atomic mass is 16.5. The molecule has 2 aromatic carbocycles. The zero-order chi connectivity index (χ0) is 16.5. The van der Waals surface area contributed by atoms with Gasteiger partial charge >= 0.3 is 0 Å². The van der Waals surface area contributed by atoms with Crippen molar-refractivity contribution in [3.05, 3.63) is 59.7 Å². The summed E-state index contributed by atoms with van der Waals surface area (Å²) in [5.74, 6) is 0.858. The molecule has 0 aliphatic heterocycles. The van der Waals surface area contributed by atoms with E-state index in [0.29, 0.717) is 19.5 Å². The first kappa shape index (κ1) is 16.9. The lowest BCUT2D eigenvalue weighted by Gasteiger charge is -2.08. The molecule has 0 unspecified atom stereocenters. The summed E-state index contributed by atoms with van der Waals surface area (Å²) in [6.07, 6.45) is 1.49. The average Bonchev–Trinajstić information content (AvgIpc) is 2.61. The summed E-state index contributed by atoms with van der Waals surface area (Å²) in [7, 11) is 1.64. The normalized spacial score (nSPS) is 10.2. The third-order valence-corrected chi connectivity index (χ3v) is 3.69. The summed E-state index contributed by atoms with van der Waals surface area (Å²) in [5.41, 5.74) is 3.42. The second kappa shape index (κ2) is 8.83. The van der Waals surface area contributed by atoms with E-state index >= 15 is 0 Å². The van der Waals surface area contributed by atoms with E-state index in [1.807, 2.05) is 36.4 Å². The third-order valence-electron chi connectivity index (χ3n) is 3.69. The second-order valence-corrected chi connectivity index (χ2v) is 5.35. The third kappa shape index (κ3) is 5.66. The maximum absolute atomic E-state index is 11.9. The van der Waals surface area contributed by atoms with E-state index in [4.69, 9.17) is 4.74 Å². The van der Waals surface area contributed by atoms with Gasteiger partial charge in [0.2, 0.25) is 5.91 Å². The summed E-state index contributed by atoms with van der Waals surface area (Å²) < 4.78 is 5.11. The Labute approximate surface area is 137 Å². The fraction of sp³-hybridized carbons (Fsp3) is 0.316. The molecule has 4 nitrogen and oxygen atoms in total. The van der Waals surface area contributed by atoms with Crippen LogP contribution in [0.1, 0.15) is 24.5 Å². The van der Waals surface area contributed by atoms with Gasteiger partial charge in [0.25, 0.3) is 0 Å². The molecule has 0 fully saturated rings. The largest absolute Gasteiger partial charge is 0.497 e. The fourth-order valence-electron chi connectivity index (χ4n) is 2.21. The summed E-state index contributed by atoms with van der Waals surface area (Å²) in [6.45, 7) is 3.30. The van der Waals surface area contributed by atoms with Gasteiger partial charge in [0.15, 0.2) is 0 Å². The molecule has 0 saturated carbocycles. The smallest absolute Gasteiger partial charge is 0.222 e. The molecular weight excluding hydrogens is 288 g/mol. The molecular formula is C19H24N2O2. The average molecular weight is 312 g/mol. The molecule has 0 aliphatic rings. The van der Waals surface area contributed by atoms with Crippen LogP contribution in [0.25, 0.3) is 0 Å². The molecule has 0 saturated heterocycles. The highest BCUT2D eigenvalue weighted by Crippen LogP contribution is 2.11. The van der Waals surface area contributed by atoms with E-state index in [0.717, 1.165) is 23.4 Å². The van der Waals surface area contributed by atoms with Crippen molar-refractivity contribution >= 4 is 11.6 Å². The number of benzene rings is 2. The standard InChI is InChI=1S/C19H24N2O2/c1-3-15-4-8-17(9-5-15)20-13-12-19(22)21-14-16-6-10-18(23-2)11-7-16/h4-11,20H,3,12-14H2,1-2H3,(H,21,22). The molecule has 1 amide bonds. The van der Waals surface area contributed by atoms with E-state index in [1.54, 1.807) is 7.11 Å². The van der Waals surface area contributed by atoms with Crippen molar-refractivity contribution in [3.63, 3.8) is 0 Å². The first-order valence-corrected chi connectivity index (χ1v) is 7.93. The Kier molecular flexibility index (Phi) is 6.48. The van der Waals surface area contributed by atoms with Crippen LogP contribution in [0.5, 0.6) is 5.75 Å². The number of carbonyl (C=O) groups excluding carboxylic acids is 1. The Morgan fingerprint density at radius 2 is 1.65 bits per heavy atom. The zero-order valence-electron chi connectivity index (χ0n) is 13.8. The molecule has 0 heterocycles. The molecule has 4 heteroatoms. The van der Waals surface area contributed by atoms with Crippen LogP contribution in [0.15, 0.2) is 48.5 Å². The molecule has 0 aromatic heterocycles. The summed E-state index contributed by atoms with van der Waals surface area (Å²) in [6, 6.07) is 16.0. The number of carbonyl (C=O) groups is 1. The van der Waals surface area contributed by atoms with Gasteiger partial charge < -0.3 is 15.4 Å². The lowest BCUT2D eigenvalue weighted by Crippen LogP contribution is -2.24. The maximum atomic E-state index is 11.9. The van der Waals surface area contributed by atoms with Gasteiger partial charge in [-0.25, -0.2) is 0 Å². The molecule has 0 bridgehead atoms. The van der Waals surface area contributed by atoms with Crippen LogP contribution in [-0.2, 0) is 17.8 Å². The number of anilines is 1. The van der Waals surface area contributed by atoms with Crippen molar-refractivity contribution in [2.75, 3.05) is 19.0 Å². The number of nitrogens with one attached hydrogen (secondary N) is 2. The van der Waals surface area contributed by atoms with Gasteiger partial charge in [0, 0.05) is 25.2 Å². The first-order chi connectivity index (χ1) is 11.2. The Morgan fingerprint density at radius 1 is 1.00 bits per heavy atom. The molecule has 0 spiro atoms.